The van der Waals surface area contributed by atoms with Crippen LogP contribution in [0.2, 0.25) is 0 Å². The predicted molar refractivity (Wildman–Crippen MR) is 108 cm³/mol. The summed E-state index contributed by atoms with van der Waals surface area (Å²) in [5, 5.41) is 4.26. The Kier molecular flexibility index (Phi) is 13.6. The molecular weight excluding hydrogens is 826 g/mol. The molecule has 0 unspecified atom stereocenters. The first-order valence-electron chi connectivity index (χ1n) is 12.2. The molecule has 2 amide bonds. The van der Waals surface area contributed by atoms with Crippen molar-refractivity contribution in [1.29, 1.82) is 0 Å². The Morgan fingerprint density at radius 2 is 0.558 bits per heavy atom. The number of alkyl halides is 26. The second kappa shape index (κ2) is 14.5. The molecule has 0 spiro atoms. The molecule has 0 aliphatic heterocycles. The number of halogens is 26. The Morgan fingerprint density at radius 3 is 0.769 bits per heavy atom. The van der Waals surface area contributed by atoms with E-state index >= 15 is 0 Å². The lowest BCUT2D eigenvalue weighted by Gasteiger charge is -2.39. The van der Waals surface area contributed by atoms with E-state index in [2.05, 4.69) is 19.7 Å². The predicted octanol–water partition coefficient (Wildman–Crippen LogP) is 10.7. The molecule has 6 nitrogen and oxygen atoms in total. The first-order chi connectivity index (χ1) is 22.5. The topological polar surface area (TPSA) is 77.3 Å². The molecular formula is C20H12F26N2O4. The van der Waals surface area contributed by atoms with Gasteiger partial charge in [0.05, 0.1) is 13.2 Å². The summed E-state index contributed by atoms with van der Waals surface area (Å²) in [6, 6.07) is 0. The smallest absolute Gasteiger partial charge is 0.447 e. The van der Waals surface area contributed by atoms with Crippen molar-refractivity contribution < 1.29 is 133 Å². The van der Waals surface area contributed by atoms with E-state index in [9.17, 15) is 124 Å². The summed E-state index contributed by atoms with van der Waals surface area (Å²) in [7, 11) is 0. The highest BCUT2D eigenvalue weighted by Crippen LogP contribution is 2.62. The number of azo groups is 1. The molecule has 0 N–H and O–H groups in total. The zero-order valence-electron chi connectivity index (χ0n) is 23.6. The van der Waals surface area contributed by atoms with Gasteiger partial charge in [-0.15, -0.1) is 0 Å². The molecule has 0 fully saturated rings. The number of amides is 2. The number of rotatable bonds is 16. The highest BCUT2D eigenvalue weighted by atomic mass is 19.4. The lowest BCUT2D eigenvalue weighted by molar-refractivity contribution is -0.440. The van der Waals surface area contributed by atoms with Crippen LogP contribution >= 0.6 is 0 Å². The van der Waals surface area contributed by atoms with Crippen LogP contribution in [0.25, 0.3) is 0 Å². The minimum absolute atomic E-state index is 1.73. The zero-order valence-corrected chi connectivity index (χ0v) is 23.6. The highest BCUT2D eigenvalue weighted by Gasteiger charge is 2.92. The van der Waals surface area contributed by atoms with Gasteiger partial charge in [0.25, 0.3) is 0 Å². The van der Waals surface area contributed by atoms with Gasteiger partial charge >= 0.3 is 83.8 Å². The van der Waals surface area contributed by atoms with Crippen LogP contribution in [0.4, 0.5) is 124 Å². The third kappa shape index (κ3) is 8.42. The highest BCUT2D eigenvalue weighted by molar-refractivity contribution is 5.73. The third-order valence-corrected chi connectivity index (χ3v) is 5.93. The van der Waals surface area contributed by atoms with Crippen molar-refractivity contribution in [1.82, 2.24) is 0 Å². The van der Waals surface area contributed by atoms with Crippen molar-refractivity contribution in [2.45, 2.75) is 97.3 Å². The number of hydrogen-bond acceptors (Lipinski definition) is 4. The molecule has 32 heteroatoms. The summed E-state index contributed by atoms with van der Waals surface area (Å²) >= 11 is 0. The van der Waals surface area contributed by atoms with E-state index in [0.29, 0.717) is 0 Å². The van der Waals surface area contributed by atoms with E-state index < -0.39 is 123 Å². The van der Waals surface area contributed by atoms with Gasteiger partial charge in [-0.1, -0.05) is 10.2 Å². The molecule has 52 heavy (non-hydrogen) atoms. The van der Waals surface area contributed by atoms with Gasteiger partial charge in [-0.05, 0) is 12.8 Å². The maximum atomic E-state index is 13.6. The lowest BCUT2D eigenvalue weighted by atomic mass is 9.92. The number of hydrogen-bond donors (Lipinski definition) is 0. The van der Waals surface area contributed by atoms with Crippen molar-refractivity contribution in [2.75, 3.05) is 13.2 Å². The molecule has 0 rings (SSSR count). The molecule has 0 atom stereocenters. The quantitative estimate of drug-likeness (QED) is 0.0881. The van der Waals surface area contributed by atoms with Gasteiger partial charge in [-0.3, -0.25) is 0 Å². The van der Waals surface area contributed by atoms with Crippen LogP contribution in [-0.4, -0.2) is 97.0 Å². The molecule has 0 saturated heterocycles. The van der Waals surface area contributed by atoms with E-state index in [1.807, 2.05) is 0 Å². The molecule has 0 aromatic rings. The van der Waals surface area contributed by atoms with Crippen LogP contribution in [0.1, 0.15) is 25.7 Å². The Labute approximate surface area is 267 Å². The first-order valence-corrected chi connectivity index (χ1v) is 12.2. The summed E-state index contributed by atoms with van der Waals surface area (Å²) < 4.78 is 346. The summed E-state index contributed by atoms with van der Waals surface area (Å²) in [5.74, 6) is -77.1. The minimum Gasteiger partial charge on any atom is -0.447 e. The van der Waals surface area contributed by atoms with Crippen molar-refractivity contribution in [3.8, 4) is 0 Å². The fourth-order valence-corrected chi connectivity index (χ4v) is 2.96. The Bertz CT molecular complexity index is 1190. The zero-order chi connectivity index (χ0) is 42.2. The summed E-state index contributed by atoms with van der Waals surface area (Å²) in [5.41, 5.74) is 0. The standard InChI is InChI=1S/C20H12F26N2O4/c21-9(22,11(25,26)13(29,30)15(33,34)17(37,38)19(41,42)43)3-1-5-51-7(49)47-48-8(50)52-6-2-4-10(23,24)12(27,28)14(31,32)16(35,36)18(39,40)20(44,45)46/h1-6H2/b48-47+. The average Bonchev–Trinajstić information content (AvgIpc) is 2.94. The maximum absolute atomic E-state index is 13.6. The normalized spacial score (nSPS) is 15.7. The number of carbonyl (C=O) groups is 2. The fourth-order valence-electron chi connectivity index (χ4n) is 2.96. The molecule has 0 saturated carbocycles. The largest absolute Gasteiger partial charge is 0.460 e. The van der Waals surface area contributed by atoms with Crippen molar-refractivity contribution in [3.63, 3.8) is 0 Å². The summed E-state index contributed by atoms with van der Waals surface area (Å²) in [6.45, 7) is -3.47. The van der Waals surface area contributed by atoms with Crippen LogP contribution < -0.4 is 0 Å². The molecule has 308 valence electrons. The second-order valence-electron chi connectivity index (χ2n) is 9.64. The second-order valence-corrected chi connectivity index (χ2v) is 9.64. The van der Waals surface area contributed by atoms with Crippen LogP contribution in [0.5, 0.6) is 0 Å². The summed E-state index contributed by atoms with van der Waals surface area (Å²) in [4.78, 5) is 22.3. The number of nitrogens with zero attached hydrogens (tertiary/aromatic N) is 2. The number of carbonyl (C=O) groups excluding carboxylic acids is 2. The molecule has 0 aliphatic rings. The first kappa shape index (κ1) is 48.7. The van der Waals surface area contributed by atoms with Crippen molar-refractivity contribution in [2.24, 2.45) is 10.2 Å². The maximum Gasteiger partial charge on any atom is 0.460 e. The van der Waals surface area contributed by atoms with E-state index in [0.717, 1.165) is 0 Å². The van der Waals surface area contributed by atoms with Crippen LogP contribution in [0.15, 0.2) is 10.2 Å². The Morgan fingerprint density at radius 1 is 0.346 bits per heavy atom. The van der Waals surface area contributed by atoms with E-state index in [4.69, 9.17) is 0 Å². The van der Waals surface area contributed by atoms with Crippen molar-refractivity contribution >= 4 is 12.2 Å². The Hall–Kier alpha value is -3.28. The lowest BCUT2D eigenvalue weighted by Crippen LogP contribution is -2.70. The van der Waals surface area contributed by atoms with Crippen LogP contribution in [-0.2, 0) is 9.47 Å². The van der Waals surface area contributed by atoms with Crippen molar-refractivity contribution in [3.05, 3.63) is 0 Å². The summed E-state index contributed by atoms with van der Waals surface area (Å²) in [6.07, 6.45) is -29.3. The molecule has 0 aromatic heterocycles. The molecule has 0 radical (unpaired) electrons. The molecule has 0 heterocycles. The molecule has 0 aliphatic carbocycles. The van der Waals surface area contributed by atoms with Gasteiger partial charge in [-0.25, -0.2) is 9.59 Å². The van der Waals surface area contributed by atoms with Gasteiger partial charge in [-0.2, -0.15) is 114 Å². The van der Waals surface area contributed by atoms with Gasteiger partial charge in [0, 0.05) is 12.8 Å². The fraction of sp³-hybridized carbons (Fsp3) is 0.900. The van der Waals surface area contributed by atoms with E-state index in [1.165, 1.54) is 0 Å². The van der Waals surface area contributed by atoms with Crippen LogP contribution in [0.3, 0.4) is 0 Å². The van der Waals surface area contributed by atoms with Gasteiger partial charge in [0.2, 0.25) is 0 Å². The third-order valence-electron chi connectivity index (χ3n) is 5.93. The molecule has 0 bridgehead atoms. The van der Waals surface area contributed by atoms with E-state index in [1.54, 1.807) is 0 Å². The van der Waals surface area contributed by atoms with E-state index in [-0.39, 0.29) is 0 Å². The average molecular weight is 838 g/mol. The minimum atomic E-state index is -8.19. The van der Waals surface area contributed by atoms with Crippen LogP contribution in [0, 0.1) is 0 Å². The molecule has 0 aromatic carbocycles. The number of ether oxygens (including phenoxy) is 2. The monoisotopic (exact) mass is 838 g/mol. The van der Waals surface area contributed by atoms with Gasteiger partial charge in [0.15, 0.2) is 0 Å². The van der Waals surface area contributed by atoms with Gasteiger partial charge < -0.3 is 9.47 Å². The Balaban J connectivity index is 5.25. The van der Waals surface area contributed by atoms with Gasteiger partial charge in [0.1, 0.15) is 0 Å². The SMILES string of the molecule is O=C(/N=N/C(=O)OCCCC(F)(F)C(F)(F)C(F)(F)C(F)(F)C(F)(F)C(F)(F)F)OCCCC(F)(F)C(F)(F)C(F)(F)C(F)(F)C(F)(F)C(F)(F)F.